The summed E-state index contributed by atoms with van der Waals surface area (Å²) in [5.41, 5.74) is 11.8. The van der Waals surface area contributed by atoms with E-state index in [0.29, 0.717) is 54.2 Å². The normalized spacial score (nSPS) is 9.67. The molecule has 8 rings (SSSR count). The van der Waals surface area contributed by atoms with Crippen molar-refractivity contribution in [2.24, 2.45) is 0 Å². The molecule has 78 heavy (non-hydrogen) atoms. The van der Waals surface area contributed by atoms with E-state index >= 15 is 0 Å². The maximum Gasteiger partial charge on any atom is 1.00 e. The third kappa shape index (κ3) is 19.1. The first-order chi connectivity index (χ1) is 35.2. The minimum Gasteiger partial charge on any atom is -0.545 e. The standard InChI is InChI=1S/2C15H15NO2.2C14H11Cl2NO2.2Na.2H2O/c2*1-10-6-5-9-13(11(10)2)16-14-8-4-3-7-12(14)15(17)18;2*1-8-6-7-10(15)13(12(8)16)17-11-5-3-2-4-9(11)14(18)19;;;;/h2*3-9,16H,1-2H3,(H,17,18);2*2-7,17H,1H3,(H,18,19);;;2*1H2/q;;;;2*+1;;/p-2. The Labute approximate surface area is 517 Å². The molecule has 8 aromatic carbocycles. The minimum absolute atomic E-state index is 0. The van der Waals surface area contributed by atoms with E-state index in [2.05, 4.69) is 21.3 Å². The number of carboxylic acids is 4. The molecule has 0 aliphatic rings. The van der Waals surface area contributed by atoms with Crippen molar-refractivity contribution < 1.29 is 110 Å². The van der Waals surface area contributed by atoms with Gasteiger partial charge in [0.05, 0.1) is 65.9 Å². The third-order valence-corrected chi connectivity index (χ3v) is 13.0. The van der Waals surface area contributed by atoms with Gasteiger partial charge in [-0.2, -0.15) is 0 Å². The van der Waals surface area contributed by atoms with Crippen molar-refractivity contribution in [1.29, 1.82) is 0 Å². The van der Waals surface area contributed by atoms with Crippen molar-refractivity contribution in [3.05, 3.63) is 233 Å². The van der Waals surface area contributed by atoms with Gasteiger partial charge in [-0.15, -0.1) is 0 Å². The maximum atomic E-state index is 11.1. The Balaban J connectivity index is 0.000000511. The van der Waals surface area contributed by atoms with Crippen LogP contribution in [-0.2, 0) is 0 Å². The minimum atomic E-state index is -1.26. The van der Waals surface area contributed by atoms with Crippen LogP contribution in [0.3, 0.4) is 0 Å². The van der Waals surface area contributed by atoms with Crippen molar-refractivity contribution in [3.8, 4) is 0 Å². The first kappa shape index (κ1) is 69.9. The summed E-state index contributed by atoms with van der Waals surface area (Å²) in [5, 5.41) is 54.3. The molecule has 0 aliphatic carbocycles. The van der Waals surface area contributed by atoms with Gasteiger partial charge < -0.3 is 62.2 Å². The number of nitrogens with one attached hydrogen (secondary N) is 4. The van der Waals surface area contributed by atoms with Crippen molar-refractivity contribution in [2.45, 2.75) is 41.5 Å². The summed E-state index contributed by atoms with van der Waals surface area (Å²) in [6, 6.07) is 45.5. The molecule has 0 saturated carbocycles. The first-order valence-corrected chi connectivity index (χ1v) is 24.1. The van der Waals surface area contributed by atoms with E-state index in [4.69, 9.17) is 56.6 Å². The molecule has 0 saturated heterocycles. The van der Waals surface area contributed by atoms with E-state index in [9.17, 15) is 29.4 Å². The topological polar surface area (TPSA) is 266 Å². The number of carbonyl (C=O) groups is 4. The summed E-state index contributed by atoms with van der Waals surface area (Å²) in [6.07, 6.45) is 0. The van der Waals surface area contributed by atoms with Crippen LogP contribution in [0.1, 0.15) is 74.8 Å². The Hall–Kier alpha value is -6.08. The van der Waals surface area contributed by atoms with Crippen LogP contribution in [0.15, 0.2) is 158 Å². The number of aromatic carboxylic acids is 4. The van der Waals surface area contributed by atoms with Crippen LogP contribution in [0.25, 0.3) is 0 Å². The zero-order valence-corrected chi connectivity index (χ0v) is 50.9. The molecule has 0 radical (unpaired) electrons. The van der Waals surface area contributed by atoms with Crippen LogP contribution in [0, 0.1) is 41.5 Å². The first-order valence-electron chi connectivity index (χ1n) is 22.5. The van der Waals surface area contributed by atoms with E-state index in [1.807, 2.05) is 90.1 Å². The molecule has 0 atom stereocenters. The number of carboxylic acid groups (broad SMARTS) is 4. The number of hydrogen-bond donors (Lipinski definition) is 6. The van der Waals surface area contributed by atoms with E-state index in [1.54, 1.807) is 97.1 Å². The number of rotatable bonds is 12. The molecule has 0 bridgehead atoms. The average Bonchev–Trinajstić information content (AvgIpc) is 3.38. The largest absolute Gasteiger partial charge is 1.00 e. The van der Waals surface area contributed by atoms with Crippen molar-refractivity contribution >= 4 is 116 Å². The van der Waals surface area contributed by atoms with Gasteiger partial charge in [-0.3, -0.25) is 0 Å². The molecule has 0 fully saturated rings. The number of carbonyl (C=O) groups excluding carboxylic acids is 2. The summed E-state index contributed by atoms with van der Waals surface area (Å²) in [4.78, 5) is 44.3. The van der Waals surface area contributed by atoms with Crippen molar-refractivity contribution in [1.82, 2.24) is 0 Å². The number of benzene rings is 8. The zero-order chi connectivity index (χ0) is 54.2. The quantitative estimate of drug-likeness (QED) is 0.0701. The molecule has 10 N–H and O–H groups in total. The van der Waals surface area contributed by atoms with Gasteiger partial charge in [-0.25, -0.2) is 9.59 Å². The zero-order valence-electron chi connectivity index (χ0n) is 43.9. The smallest absolute Gasteiger partial charge is 0.545 e. The second-order valence-corrected chi connectivity index (χ2v) is 18.0. The van der Waals surface area contributed by atoms with E-state index < -0.39 is 23.9 Å². The van der Waals surface area contributed by atoms with Gasteiger partial charge in [0.25, 0.3) is 0 Å². The van der Waals surface area contributed by atoms with E-state index in [1.165, 1.54) is 23.3 Å². The molecule has 0 spiro atoms. The molecule has 0 heterocycles. The number of hydrogen-bond acceptors (Lipinski definition) is 10. The Bertz CT molecular complexity index is 3150. The Morgan fingerprint density at radius 2 is 0.628 bits per heavy atom. The fraction of sp³-hybridized carbons (Fsp3) is 0.103. The molecule has 0 aromatic heterocycles. The molecular weight excluding hydrogens is 1100 g/mol. The third-order valence-electron chi connectivity index (χ3n) is 11.4. The van der Waals surface area contributed by atoms with Crippen LogP contribution in [0.5, 0.6) is 0 Å². The number of aryl methyl sites for hydroxylation is 4. The summed E-state index contributed by atoms with van der Waals surface area (Å²) in [5.74, 6) is -4.38. The fourth-order valence-electron chi connectivity index (χ4n) is 6.97. The second-order valence-electron chi connectivity index (χ2n) is 16.5. The van der Waals surface area contributed by atoms with Crippen LogP contribution in [-0.4, -0.2) is 45.0 Å². The van der Waals surface area contributed by atoms with Crippen LogP contribution in [0.2, 0.25) is 20.1 Å². The maximum absolute atomic E-state index is 11.1. The average molecular weight is 1150 g/mol. The van der Waals surface area contributed by atoms with Crippen LogP contribution < -0.4 is 90.6 Å². The summed E-state index contributed by atoms with van der Waals surface area (Å²) >= 11 is 24.5. The number of halogens is 4. The summed E-state index contributed by atoms with van der Waals surface area (Å²) in [6.45, 7) is 11.8. The van der Waals surface area contributed by atoms with Crippen molar-refractivity contribution in [3.63, 3.8) is 0 Å². The Morgan fingerprint density at radius 3 is 0.923 bits per heavy atom. The Morgan fingerprint density at radius 1 is 0.359 bits per heavy atom. The molecule has 396 valence electrons. The predicted molar refractivity (Wildman–Crippen MR) is 303 cm³/mol. The monoisotopic (exact) mass is 1150 g/mol. The van der Waals surface area contributed by atoms with E-state index in [0.717, 1.165) is 33.6 Å². The summed E-state index contributed by atoms with van der Waals surface area (Å²) < 4.78 is 0. The second kappa shape index (κ2) is 33.4. The molecule has 14 nitrogen and oxygen atoms in total. The predicted octanol–water partition coefficient (Wildman–Crippen LogP) is 6.67. The SMILES string of the molecule is Cc1ccc(Cl)c(Nc2ccccc2C(=O)[O-])c1Cl.Cc1ccc(Cl)c(Nc2ccccc2C(=O)[O-])c1Cl.Cc1cccc(Nc2ccccc2C(=O)O)c1C.Cc1cccc(Nc2ccccc2C(=O)O)c1C.O.O.[Na+].[Na+]. The molecule has 0 unspecified atom stereocenters. The molecule has 0 amide bonds. The number of anilines is 8. The summed E-state index contributed by atoms with van der Waals surface area (Å²) in [7, 11) is 0. The van der Waals surface area contributed by atoms with Gasteiger partial charge in [0.2, 0.25) is 0 Å². The van der Waals surface area contributed by atoms with Crippen LogP contribution >= 0.6 is 46.4 Å². The van der Waals surface area contributed by atoms with Gasteiger partial charge in [0.15, 0.2) is 0 Å². The fourth-order valence-corrected chi connectivity index (χ4v) is 7.90. The van der Waals surface area contributed by atoms with Gasteiger partial charge in [-0.1, -0.05) is 143 Å². The van der Waals surface area contributed by atoms with E-state index in [-0.39, 0.29) is 92.3 Å². The van der Waals surface area contributed by atoms with Gasteiger partial charge in [0, 0.05) is 33.9 Å². The molecule has 20 heteroatoms. The van der Waals surface area contributed by atoms with Gasteiger partial charge in [-0.05, 0) is 136 Å². The number of para-hydroxylation sites is 4. The Kier molecular flexibility index (Phi) is 29.9. The molecular formula is C58H54Cl4N4Na2O10. The van der Waals surface area contributed by atoms with Gasteiger partial charge in [0.1, 0.15) is 0 Å². The van der Waals surface area contributed by atoms with Crippen molar-refractivity contribution in [2.75, 3.05) is 21.3 Å². The van der Waals surface area contributed by atoms with Crippen LogP contribution in [0.4, 0.5) is 45.5 Å². The van der Waals surface area contributed by atoms with Gasteiger partial charge >= 0.3 is 71.1 Å². The molecule has 8 aromatic rings. The molecule has 0 aliphatic heterocycles.